The SMILES string of the molecule is CN(c1ccc2c(c1)C(C)(C)c1cc(-n3c4ccccc4c4ccccc43)ccc1-2)c1cccc2ccccc12. The van der Waals surface area contributed by atoms with Gasteiger partial charge in [0.2, 0.25) is 0 Å². The molecule has 8 rings (SSSR count). The van der Waals surface area contributed by atoms with E-state index in [1.165, 1.54) is 71.9 Å². The minimum atomic E-state index is -0.116. The number of rotatable bonds is 3. The maximum atomic E-state index is 2.42. The van der Waals surface area contributed by atoms with Gasteiger partial charge in [0, 0.05) is 45.7 Å². The van der Waals surface area contributed by atoms with Gasteiger partial charge in [-0.25, -0.2) is 0 Å². The van der Waals surface area contributed by atoms with Gasteiger partial charge in [0.25, 0.3) is 0 Å². The number of para-hydroxylation sites is 2. The summed E-state index contributed by atoms with van der Waals surface area (Å²) in [6.07, 6.45) is 0. The number of fused-ring (bicyclic) bond motifs is 7. The molecule has 1 heterocycles. The average molecular weight is 515 g/mol. The van der Waals surface area contributed by atoms with Crippen LogP contribution in [0, 0.1) is 0 Å². The molecule has 0 N–H and O–H groups in total. The van der Waals surface area contributed by atoms with Gasteiger partial charge in [-0.15, -0.1) is 0 Å². The Morgan fingerprint density at radius 2 is 1.12 bits per heavy atom. The van der Waals surface area contributed by atoms with Crippen LogP contribution in [0.4, 0.5) is 11.4 Å². The highest BCUT2D eigenvalue weighted by atomic mass is 15.1. The molecule has 7 aromatic rings. The summed E-state index contributed by atoms with van der Waals surface area (Å²) in [5, 5.41) is 5.12. The monoisotopic (exact) mass is 514 g/mol. The zero-order valence-corrected chi connectivity index (χ0v) is 23.0. The molecule has 0 atom stereocenters. The molecule has 0 saturated carbocycles. The Bertz CT molecular complexity index is 2050. The summed E-state index contributed by atoms with van der Waals surface area (Å²) in [6.45, 7) is 4.74. The molecule has 0 aliphatic heterocycles. The molecule has 0 unspecified atom stereocenters. The predicted octanol–water partition coefficient (Wildman–Crippen LogP) is 10.0. The normalized spacial score (nSPS) is 13.6. The van der Waals surface area contributed by atoms with Crippen molar-refractivity contribution in [3.05, 3.63) is 139 Å². The molecule has 6 aromatic carbocycles. The minimum Gasteiger partial charge on any atom is -0.344 e. The van der Waals surface area contributed by atoms with E-state index in [0.717, 1.165) is 0 Å². The third kappa shape index (κ3) is 3.17. The van der Waals surface area contributed by atoms with Crippen LogP contribution in [-0.2, 0) is 5.41 Å². The fourth-order valence-corrected chi connectivity index (χ4v) is 6.90. The zero-order chi connectivity index (χ0) is 27.0. The van der Waals surface area contributed by atoms with Gasteiger partial charge >= 0.3 is 0 Å². The second-order valence-electron chi connectivity index (χ2n) is 11.5. The van der Waals surface area contributed by atoms with Crippen LogP contribution in [-0.4, -0.2) is 11.6 Å². The van der Waals surface area contributed by atoms with Gasteiger partial charge in [-0.05, 0) is 70.1 Å². The molecule has 0 bridgehead atoms. The van der Waals surface area contributed by atoms with E-state index in [1.807, 2.05) is 0 Å². The lowest BCUT2D eigenvalue weighted by molar-refractivity contribution is 0.660. The first-order chi connectivity index (χ1) is 19.5. The summed E-state index contributed by atoms with van der Waals surface area (Å²) in [5.41, 5.74) is 11.5. The van der Waals surface area contributed by atoms with Crippen LogP contribution in [0.1, 0.15) is 25.0 Å². The summed E-state index contributed by atoms with van der Waals surface area (Å²) < 4.78 is 2.42. The van der Waals surface area contributed by atoms with Gasteiger partial charge in [-0.3, -0.25) is 0 Å². The van der Waals surface area contributed by atoms with Crippen molar-refractivity contribution < 1.29 is 0 Å². The van der Waals surface area contributed by atoms with Crippen molar-refractivity contribution >= 4 is 44.0 Å². The Labute approximate surface area is 234 Å². The Kier molecular flexibility index (Phi) is 4.82. The standard InChI is InChI=1S/C38H30N2/c1-38(2)33-23-26(39(3)35-18-10-12-25-11-4-5-13-28(25)35)19-21-29(33)30-22-20-27(24-34(30)38)40-36-16-8-6-14-31(36)32-15-7-9-17-37(32)40/h4-24H,1-3H3. The van der Waals surface area contributed by atoms with Crippen molar-refractivity contribution in [3.63, 3.8) is 0 Å². The average Bonchev–Trinajstić information content (AvgIpc) is 3.45. The molecule has 0 amide bonds. The highest BCUT2D eigenvalue weighted by Crippen LogP contribution is 2.51. The molecule has 0 fully saturated rings. The van der Waals surface area contributed by atoms with Gasteiger partial charge in [0.1, 0.15) is 0 Å². The van der Waals surface area contributed by atoms with E-state index in [-0.39, 0.29) is 5.41 Å². The van der Waals surface area contributed by atoms with E-state index in [4.69, 9.17) is 0 Å². The van der Waals surface area contributed by atoms with Crippen molar-refractivity contribution in [2.75, 3.05) is 11.9 Å². The van der Waals surface area contributed by atoms with E-state index >= 15 is 0 Å². The maximum absolute atomic E-state index is 2.42. The van der Waals surface area contributed by atoms with E-state index < -0.39 is 0 Å². The largest absolute Gasteiger partial charge is 0.344 e. The quantitative estimate of drug-likeness (QED) is 0.228. The number of hydrogen-bond donors (Lipinski definition) is 0. The molecule has 2 nitrogen and oxygen atoms in total. The number of benzene rings is 6. The summed E-state index contributed by atoms with van der Waals surface area (Å²) >= 11 is 0. The van der Waals surface area contributed by atoms with Gasteiger partial charge in [-0.2, -0.15) is 0 Å². The number of aromatic nitrogens is 1. The first-order valence-corrected chi connectivity index (χ1v) is 14.0. The lowest BCUT2D eigenvalue weighted by Gasteiger charge is -2.26. The van der Waals surface area contributed by atoms with Crippen molar-refractivity contribution in [2.24, 2.45) is 0 Å². The molecule has 0 saturated heterocycles. The zero-order valence-electron chi connectivity index (χ0n) is 23.0. The van der Waals surface area contributed by atoms with E-state index in [0.29, 0.717) is 0 Å². The highest BCUT2D eigenvalue weighted by molar-refractivity contribution is 6.09. The van der Waals surface area contributed by atoms with Crippen LogP contribution < -0.4 is 4.90 Å². The van der Waals surface area contributed by atoms with Crippen LogP contribution in [0.25, 0.3) is 49.4 Å². The van der Waals surface area contributed by atoms with Crippen LogP contribution in [0.3, 0.4) is 0 Å². The molecule has 1 aliphatic rings. The summed E-state index contributed by atoms with van der Waals surface area (Å²) in [7, 11) is 2.18. The molecule has 0 spiro atoms. The Morgan fingerprint density at radius 3 is 1.85 bits per heavy atom. The van der Waals surface area contributed by atoms with Crippen molar-refractivity contribution in [1.82, 2.24) is 4.57 Å². The summed E-state index contributed by atoms with van der Waals surface area (Å²) in [5.74, 6) is 0. The van der Waals surface area contributed by atoms with Crippen molar-refractivity contribution in [2.45, 2.75) is 19.3 Å². The van der Waals surface area contributed by atoms with Gasteiger partial charge < -0.3 is 9.47 Å². The molecule has 1 aromatic heterocycles. The van der Waals surface area contributed by atoms with Crippen LogP contribution in [0.2, 0.25) is 0 Å². The Morgan fingerprint density at radius 1 is 0.550 bits per heavy atom. The van der Waals surface area contributed by atoms with E-state index in [1.54, 1.807) is 0 Å². The molecular formula is C38H30N2. The first-order valence-electron chi connectivity index (χ1n) is 14.0. The fourth-order valence-electron chi connectivity index (χ4n) is 6.90. The lowest BCUT2D eigenvalue weighted by Crippen LogP contribution is -2.17. The lowest BCUT2D eigenvalue weighted by atomic mass is 9.82. The molecule has 1 aliphatic carbocycles. The van der Waals surface area contributed by atoms with Crippen LogP contribution in [0.15, 0.2) is 127 Å². The van der Waals surface area contributed by atoms with Gasteiger partial charge in [0.15, 0.2) is 0 Å². The van der Waals surface area contributed by atoms with Crippen molar-refractivity contribution in [3.8, 4) is 16.8 Å². The van der Waals surface area contributed by atoms with Crippen molar-refractivity contribution in [1.29, 1.82) is 0 Å². The Hall–Kier alpha value is -4.82. The molecule has 0 radical (unpaired) electrons. The maximum Gasteiger partial charge on any atom is 0.0541 e. The summed E-state index contributed by atoms with van der Waals surface area (Å²) in [4.78, 5) is 2.32. The number of anilines is 2. The summed E-state index contributed by atoms with van der Waals surface area (Å²) in [6, 6.07) is 46.7. The van der Waals surface area contributed by atoms with Crippen LogP contribution >= 0.6 is 0 Å². The van der Waals surface area contributed by atoms with E-state index in [2.05, 4.69) is 158 Å². The molecule has 2 heteroatoms. The minimum absolute atomic E-state index is 0.116. The van der Waals surface area contributed by atoms with Crippen LogP contribution in [0.5, 0.6) is 0 Å². The first kappa shape index (κ1) is 23.1. The Balaban J connectivity index is 1.26. The fraction of sp³-hybridized carbons (Fsp3) is 0.105. The van der Waals surface area contributed by atoms with Gasteiger partial charge in [0.05, 0.1) is 11.0 Å². The second kappa shape index (κ2) is 8.34. The van der Waals surface area contributed by atoms with Gasteiger partial charge in [-0.1, -0.05) is 98.8 Å². The molecule has 192 valence electrons. The van der Waals surface area contributed by atoms with E-state index in [9.17, 15) is 0 Å². The third-order valence-electron chi connectivity index (χ3n) is 9.00. The topological polar surface area (TPSA) is 8.17 Å². The number of hydrogen-bond acceptors (Lipinski definition) is 1. The molecule has 40 heavy (non-hydrogen) atoms. The smallest absolute Gasteiger partial charge is 0.0541 e. The third-order valence-corrected chi connectivity index (χ3v) is 9.00. The highest BCUT2D eigenvalue weighted by Gasteiger charge is 2.36. The molecular weight excluding hydrogens is 484 g/mol. The number of nitrogens with zero attached hydrogens (tertiary/aromatic N) is 2. The predicted molar refractivity (Wildman–Crippen MR) is 170 cm³/mol. The second-order valence-corrected chi connectivity index (χ2v) is 11.5.